The van der Waals surface area contributed by atoms with E-state index in [1.165, 1.54) is 12.8 Å². The van der Waals surface area contributed by atoms with Crippen molar-refractivity contribution in [3.8, 4) is 0 Å². The van der Waals surface area contributed by atoms with E-state index < -0.39 is 0 Å². The molecular formula is C15H23N3O. The van der Waals surface area contributed by atoms with Gasteiger partial charge >= 0.3 is 0 Å². The average molecular weight is 261 g/mol. The molecule has 0 aliphatic heterocycles. The number of nitrogens with one attached hydrogen (secondary N) is 2. The lowest BCUT2D eigenvalue weighted by molar-refractivity contribution is 0.0927. The van der Waals surface area contributed by atoms with Crippen molar-refractivity contribution in [2.45, 2.75) is 45.6 Å². The fourth-order valence-electron chi connectivity index (χ4n) is 2.21. The number of rotatable bonds is 7. The zero-order valence-electron chi connectivity index (χ0n) is 11.8. The number of carbonyl (C=O) groups is 1. The highest BCUT2D eigenvalue weighted by molar-refractivity contribution is 5.93. The highest BCUT2D eigenvalue weighted by Gasteiger charge is 2.25. The number of carbonyl (C=O) groups excluding carboxylic acids is 1. The summed E-state index contributed by atoms with van der Waals surface area (Å²) in [5.41, 5.74) is 1.44. The molecule has 0 saturated heterocycles. The molecule has 1 aromatic rings. The Balaban J connectivity index is 1.95. The smallest absolute Gasteiger partial charge is 0.270 e. The van der Waals surface area contributed by atoms with Gasteiger partial charge in [0.2, 0.25) is 0 Å². The average Bonchev–Trinajstić information content (AvgIpc) is 3.22. The second kappa shape index (κ2) is 6.55. The van der Waals surface area contributed by atoms with Gasteiger partial charge < -0.3 is 10.6 Å². The topological polar surface area (TPSA) is 54.0 Å². The van der Waals surface area contributed by atoms with Crippen molar-refractivity contribution < 1.29 is 4.79 Å². The van der Waals surface area contributed by atoms with Gasteiger partial charge in [0.1, 0.15) is 5.69 Å². The van der Waals surface area contributed by atoms with Gasteiger partial charge in [-0.25, -0.2) is 0 Å². The molecule has 1 aliphatic carbocycles. The summed E-state index contributed by atoms with van der Waals surface area (Å²) in [4.78, 5) is 16.3. The Kier molecular flexibility index (Phi) is 4.77. The Labute approximate surface area is 115 Å². The summed E-state index contributed by atoms with van der Waals surface area (Å²) >= 11 is 0. The van der Waals surface area contributed by atoms with Crippen molar-refractivity contribution in [2.75, 3.05) is 11.9 Å². The van der Waals surface area contributed by atoms with Crippen LogP contribution in [-0.4, -0.2) is 23.5 Å². The predicted molar refractivity (Wildman–Crippen MR) is 77.3 cm³/mol. The number of aromatic nitrogens is 1. The van der Waals surface area contributed by atoms with Crippen LogP contribution in [0, 0.1) is 5.92 Å². The lowest BCUT2D eigenvalue weighted by atomic mass is 10.1. The molecule has 1 aromatic heterocycles. The first-order valence-electron chi connectivity index (χ1n) is 7.23. The van der Waals surface area contributed by atoms with Crippen molar-refractivity contribution in [1.82, 2.24) is 10.3 Å². The maximum Gasteiger partial charge on any atom is 0.270 e. The number of pyridine rings is 1. The molecule has 1 unspecified atom stereocenters. The molecule has 1 amide bonds. The molecule has 1 aliphatic rings. The molecule has 0 radical (unpaired) electrons. The number of hydrogen-bond donors (Lipinski definition) is 2. The first-order chi connectivity index (χ1) is 9.22. The molecule has 0 spiro atoms. The summed E-state index contributed by atoms with van der Waals surface area (Å²) in [6, 6.07) is 3.97. The quantitative estimate of drug-likeness (QED) is 0.793. The number of anilines is 1. The van der Waals surface area contributed by atoms with Crippen LogP contribution in [0.25, 0.3) is 0 Å². The monoisotopic (exact) mass is 261 g/mol. The minimum Gasteiger partial charge on any atom is -0.385 e. The molecule has 2 N–H and O–H groups in total. The Morgan fingerprint density at radius 1 is 1.47 bits per heavy atom. The number of hydrogen-bond acceptors (Lipinski definition) is 3. The van der Waals surface area contributed by atoms with Gasteiger partial charge in [0.25, 0.3) is 5.91 Å². The van der Waals surface area contributed by atoms with Gasteiger partial charge in [-0.15, -0.1) is 0 Å². The van der Waals surface area contributed by atoms with Gasteiger partial charge in [-0.3, -0.25) is 9.78 Å². The van der Waals surface area contributed by atoms with Crippen LogP contribution in [0.1, 0.15) is 50.0 Å². The summed E-state index contributed by atoms with van der Waals surface area (Å²) in [7, 11) is 0. The Bertz CT molecular complexity index is 429. The maximum atomic E-state index is 12.2. The Hall–Kier alpha value is -1.58. The molecule has 2 rings (SSSR count). The van der Waals surface area contributed by atoms with Gasteiger partial charge in [-0.1, -0.05) is 19.8 Å². The van der Waals surface area contributed by atoms with Gasteiger partial charge in [-0.2, -0.15) is 0 Å². The van der Waals surface area contributed by atoms with Gasteiger partial charge in [0.15, 0.2) is 0 Å². The van der Waals surface area contributed by atoms with Crippen molar-refractivity contribution in [1.29, 1.82) is 0 Å². The van der Waals surface area contributed by atoms with E-state index in [0.717, 1.165) is 31.0 Å². The third-order valence-electron chi connectivity index (χ3n) is 3.52. The highest BCUT2D eigenvalue weighted by atomic mass is 16.1. The first kappa shape index (κ1) is 13.8. The van der Waals surface area contributed by atoms with Crippen LogP contribution in [-0.2, 0) is 0 Å². The summed E-state index contributed by atoms with van der Waals surface area (Å²) in [6.07, 6.45) is 6.40. The van der Waals surface area contributed by atoms with Gasteiger partial charge in [-0.05, 0) is 37.8 Å². The normalized spacial score (nSPS) is 15.9. The minimum absolute atomic E-state index is 0.0627. The zero-order chi connectivity index (χ0) is 13.7. The first-order valence-corrected chi connectivity index (χ1v) is 7.23. The molecule has 0 aromatic carbocycles. The van der Waals surface area contributed by atoms with E-state index in [-0.39, 0.29) is 11.9 Å². The third kappa shape index (κ3) is 4.23. The predicted octanol–water partition coefficient (Wildman–Crippen LogP) is 2.82. The van der Waals surface area contributed by atoms with Crippen molar-refractivity contribution >= 4 is 11.6 Å². The van der Waals surface area contributed by atoms with E-state index in [2.05, 4.69) is 22.5 Å². The lowest BCUT2D eigenvalue weighted by Gasteiger charge is -2.16. The zero-order valence-corrected chi connectivity index (χ0v) is 11.8. The van der Waals surface area contributed by atoms with Crippen LogP contribution >= 0.6 is 0 Å². The molecule has 1 heterocycles. The fraction of sp³-hybridized carbons (Fsp3) is 0.600. The number of amides is 1. The van der Waals surface area contributed by atoms with Crippen LogP contribution in [0.2, 0.25) is 0 Å². The largest absolute Gasteiger partial charge is 0.385 e. The van der Waals surface area contributed by atoms with Crippen LogP contribution in [0.5, 0.6) is 0 Å². The van der Waals surface area contributed by atoms with Crippen molar-refractivity contribution in [2.24, 2.45) is 5.92 Å². The Morgan fingerprint density at radius 3 is 2.89 bits per heavy atom. The Morgan fingerprint density at radius 2 is 2.26 bits per heavy atom. The molecule has 19 heavy (non-hydrogen) atoms. The molecule has 104 valence electrons. The summed E-state index contributed by atoms with van der Waals surface area (Å²) in [5.74, 6) is 0.763. The van der Waals surface area contributed by atoms with Crippen molar-refractivity contribution in [3.63, 3.8) is 0 Å². The summed E-state index contributed by atoms with van der Waals surface area (Å²) in [5, 5.41) is 6.29. The fourth-order valence-corrected chi connectivity index (χ4v) is 2.21. The van der Waals surface area contributed by atoms with E-state index in [1.807, 2.05) is 19.1 Å². The van der Waals surface area contributed by atoms with Crippen LogP contribution in [0.3, 0.4) is 0 Å². The van der Waals surface area contributed by atoms with E-state index >= 15 is 0 Å². The maximum absolute atomic E-state index is 12.2. The van der Waals surface area contributed by atoms with Crippen molar-refractivity contribution in [3.05, 3.63) is 24.0 Å². The van der Waals surface area contributed by atoms with Crippen LogP contribution < -0.4 is 10.6 Å². The molecule has 0 bridgehead atoms. The molecule has 1 atom stereocenters. The van der Waals surface area contributed by atoms with E-state index in [4.69, 9.17) is 0 Å². The van der Waals surface area contributed by atoms with E-state index in [0.29, 0.717) is 5.69 Å². The molecular weight excluding hydrogens is 238 g/mol. The second-order valence-electron chi connectivity index (χ2n) is 5.22. The minimum atomic E-state index is -0.0627. The number of nitrogens with zero attached hydrogens (tertiary/aromatic N) is 1. The standard InChI is InChI=1S/C15H23N3O/c1-3-12(9-11-5-6-11)18-15(19)14-10-13(16-4-2)7-8-17-14/h7-8,10-12H,3-6,9H2,1-2H3,(H,16,17)(H,18,19). The second-order valence-corrected chi connectivity index (χ2v) is 5.22. The van der Waals surface area contributed by atoms with E-state index in [9.17, 15) is 4.79 Å². The van der Waals surface area contributed by atoms with Crippen LogP contribution in [0.4, 0.5) is 5.69 Å². The molecule has 1 saturated carbocycles. The summed E-state index contributed by atoms with van der Waals surface area (Å²) < 4.78 is 0. The third-order valence-corrected chi connectivity index (χ3v) is 3.52. The van der Waals surface area contributed by atoms with Gasteiger partial charge in [0, 0.05) is 24.5 Å². The molecule has 1 fully saturated rings. The summed E-state index contributed by atoms with van der Waals surface area (Å²) in [6.45, 7) is 4.99. The molecule has 4 heteroatoms. The van der Waals surface area contributed by atoms with Crippen LogP contribution in [0.15, 0.2) is 18.3 Å². The SMILES string of the molecule is CCNc1ccnc(C(=O)NC(CC)CC2CC2)c1. The van der Waals surface area contributed by atoms with Gasteiger partial charge in [0.05, 0.1) is 0 Å². The highest BCUT2D eigenvalue weighted by Crippen LogP contribution is 2.34. The molecule has 4 nitrogen and oxygen atoms in total. The van der Waals surface area contributed by atoms with E-state index in [1.54, 1.807) is 6.20 Å². The lowest BCUT2D eigenvalue weighted by Crippen LogP contribution is -2.35.